The predicted molar refractivity (Wildman–Crippen MR) is 130 cm³/mol. The molecule has 0 N–H and O–H groups in total. The largest absolute Gasteiger partial charge is 0.466 e. The summed E-state index contributed by atoms with van der Waals surface area (Å²) in [5.74, 6) is -0.0239. The third-order valence-corrected chi connectivity index (χ3v) is 6.11. The van der Waals surface area contributed by atoms with E-state index >= 15 is 0 Å². The quantitative estimate of drug-likeness (QED) is 0.119. The molecule has 0 radical (unpaired) electrons. The SMILES string of the molecule is CCCCCCCCCCCCCCCCCOC(=O)CCC(=O)OCCC(C)CC. The molecule has 0 saturated heterocycles. The molecular formula is C27H52O4. The molecule has 0 spiro atoms. The fourth-order valence-electron chi connectivity index (χ4n) is 3.59. The van der Waals surface area contributed by atoms with Crippen LogP contribution >= 0.6 is 0 Å². The lowest BCUT2D eigenvalue weighted by Gasteiger charge is -2.09. The van der Waals surface area contributed by atoms with Gasteiger partial charge in [-0.2, -0.15) is 0 Å². The van der Waals surface area contributed by atoms with E-state index in [4.69, 9.17) is 9.47 Å². The van der Waals surface area contributed by atoms with Crippen LogP contribution < -0.4 is 0 Å². The number of carbonyl (C=O) groups excluding carboxylic acids is 2. The van der Waals surface area contributed by atoms with Gasteiger partial charge in [0.15, 0.2) is 0 Å². The van der Waals surface area contributed by atoms with Crippen LogP contribution in [0.5, 0.6) is 0 Å². The van der Waals surface area contributed by atoms with Crippen LogP contribution in [0.3, 0.4) is 0 Å². The summed E-state index contributed by atoms with van der Waals surface area (Å²) in [6, 6.07) is 0. The van der Waals surface area contributed by atoms with Crippen molar-refractivity contribution in [1.82, 2.24) is 0 Å². The van der Waals surface area contributed by atoms with Crippen LogP contribution in [0.2, 0.25) is 0 Å². The molecule has 0 rings (SSSR count). The summed E-state index contributed by atoms with van der Waals surface area (Å²) in [6.07, 6.45) is 22.1. The zero-order chi connectivity index (χ0) is 23.0. The summed E-state index contributed by atoms with van der Waals surface area (Å²) >= 11 is 0. The van der Waals surface area contributed by atoms with Crippen molar-refractivity contribution in [2.24, 2.45) is 5.92 Å². The molecule has 1 unspecified atom stereocenters. The number of carbonyl (C=O) groups is 2. The van der Waals surface area contributed by atoms with E-state index in [2.05, 4.69) is 20.8 Å². The Balaban J connectivity index is 3.27. The Labute approximate surface area is 193 Å². The number of esters is 2. The Morgan fingerprint density at radius 2 is 0.968 bits per heavy atom. The Bertz CT molecular complexity index is 408. The first-order chi connectivity index (χ1) is 15.1. The van der Waals surface area contributed by atoms with Crippen LogP contribution in [-0.2, 0) is 19.1 Å². The van der Waals surface area contributed by atoms with Gasteiger partial charge >= 0.3 is 11.9 Å². The average molecular weight is 441 g/mol. The van der Waals surface area contributed by atoms with Gasteiger partial charge in [0.2, 0.25) is 0 Å². The van der Waals surface area contributed by atoms with Crippen molar-refractivity contribution >= 4 is 11.9 Å². The first-order valence-electron chi connectivity index (χ1n) is 13.4. The van der Waals surface area contributed by atoms with E-state index in [1.807, 2.05) is 0 Å². The van der Waals surface area contributed by atoms with E-state index in [-0.39, 0.29) is 24.8 Å². The molecule has 4 heteroatoms. The lowest BCUT2D eigenvalue weighted by molar-refractivity contribution is -0.150. The van der Waals surface area contributed by atoms with Crippen LogP contribution in [-0.4, -0.2) is 25.2 Å². The molecule has 4 nitrogen and oxygen atoms in total. The average Bonchev–Trinajstić information content (AvgIpc) is 2.77. The summed E-state index contributed by atoms with van der Waals surface area (Å²) < 4.78 is 10.4. The minimum absolute atomic E-state index is 0.123. The summed E-state index contributed by atoms with van der Waals surface area (Å²) in [4.78, 5) is 23.3. The second-order valence-electron chi connectivity index (χ2n) is 9.19. The Morgan fingerprint density at radius 3 is 1.39 bits per heavy atom. The van der Waals surface area contributed by atoms with Crippen LogP contribution in [0.4, 0.5) is 0 Å². The highest BCUT2D eigenvalue weighted by atomic mass is 16.5. The number of rotatable bonds is 23. The standard InChI is InChI=1S/C27H52O4/c1-4-6-7-8-9-10-11-12-13-14-15-16-17-18-19-23-30-26(28)20-21-27(29)31-24-22-25(3)5-2/h25H,4-24H2,1-3H3. The van der Waals surface area contributed by atoms with Gasteiger partial charge in [-0.25, -0.2) is 0 Å². The van der Waals surface area contributed by atoms with E-state index in [1.165, 1.54) is 83.5 Å². The highest BCUT2D eigenvalue weighted by Crippen LogP contribution is 2.13. The van der Waals surface area contributed by atoms with Gasteiger partial charge in [-0.15, -0.1) is 0 Å². The predicted octanol–water partition coefficient (Wildman–Crippen LogP) is 8.16. The van der Waals surface area contributed by atoms with Gasteiger partial charge in [-0.1, -0.05) is 117 Å². The lowest BCUT2D eigenvalue weighted by Crippen LogP contribution is -2.12. The second kappa shape index (κ2) is 23.6. The summed E-state index contributed by atoms with van der Waals surface area (Å²) in [5.41, 5.74) is 0. The number of hydrogen-bond donors (Lipinski definition) is 0. The maximum absolute atomic E-state index is 11.7. The maximum atomic E-state index is 11.7. The van der Waals surface area contributed by atoms with E-state index in [9.17, 15) is 9.59 Å². The van der Waals surface area contributed by atoms with E-state index < -0.39 is 0 Å². The normalized spacial score (nSPS) is 12.0. The van der Waals surface area contributed by atoms with Gasteiger partial charge in [-0.05, 0) is 18.8 Å². The van der Waals surface area contributed by atoms with Crippen molar-refractivity contribution in [3.63, 3.8) is 0 Å². The molecule has 0 aromatic rings. The van der Waals surface area contributed by atoms with Crippen molar-refractivity contribution < 1.29 is 19.1 Å². The second-order valence-corrected chi connectivity index (χ2v) is 9.19. The Hall–Kier alpha value is -1.06. The number of hydrogen-bond acceptors (Lipinski definition) is 4. The van der Waals surface area contributed by atoms with Crippen molar-refractivity contribution in [3.05, 3.63) is 0 Å². The molecule has 0 aliphatic heterocycles. The number of unbranched alkanes of at least 4 members (excludes halogenated alkanes) is 14. The monoisotopic (exact) mass is 440 g/mol. The van der Waals surface area contributed by atoms with Gasteiger partial charge in [0.25, 0.3) is 0 Å². The molecule has 184 valence electrons. The van der Waals surface area contributed by atoms with Gasteiger partial charge in [0.05, 0.1) is 26.1 Å². The summed E-state index contributed by atoms with van der Waals surface area (Å²) in [7, 11) is 0. The van der Waals surface area contributed by atoms with Gasteiger partial charge < -0.3 is 9.47 Å². The molecule has 31 heavy (non-hydrogen) atoms. The molecule has 0 aromatic carbocycles. The smallest absolute Gasteiger partial charge is 0.306 e. The molecule has 0 amide bonds. The molecular weight excluding hydrogens is 388 g/mol. The summed E-state index contributed by atoms with van der Waals surface area (Å²) in [6.45, 7) is 7.46. The van der Waals surface area contributed by atoms with Crippen molar-refractivity contribution in [1.29, 1.82) is 0 Å². The van der Waals surface area contributed by atoms with E-state index in [0.29, 0.717) is 19.1 Å². The lowest BCUT2D eigenvalue weighted by atomic mass is 10.0. The van der Waals surface area contributed by atoms with Crippen LogP contribution in [0.15, 0.2) is 0 Å². The van der Waals surface area contributed by atoms with Crippen molar-refractivity contribution in [2.45, 2.75) is 143 Å². The minimum Gasteiger partial charge on any atom is -0.466 e. The third kappa shape index (κ3) is 23.4. The molecule has 0 saturated carbocycles. The Kier molecular flexibility index (Phi) is 22.8. The number of ether oxygens (including phenoxy) is 2. The van der Waals surface area contributed by atoms with E-state index in [0.717, 1.165) is 25.7 Å². The molecule has 0 aliphatic rings. The van der Waals surface area contributed by atoms with E-state index in [1.54, 1.807) is 0 Å². The van der Waals surface area contributed by atoms with Crippen LogP contribution in [0, 0.1) is 5.92 Å². The molecule has 0 heterocycles. The third-order valence-electron chi connectivity index (χ3n) is 6.11. The van der Waals surface area contributed by atoms with Crippen molar-refractivity contribution in [2.75, 3.05) is 13.2 Å². The first kappa shape index (κ1) is 29.9. The van der Waals surface area contributed by atoms with Gasteiger partial charge in [0, 0.05) is 0 Å². The highest BCUT2D eigenvalue weighted by molar-refractivity contribution is 5.77. The minimum atomic E-state index is -0.299. The maximum Gasteiger partial charge on any atom is 0.306 e. The zero-order valence-corrected chi connectivity index (χ0v) is 21.1. The van der Waals surface area contributed by atoms with Crippen LogP contribution in [0.25, 0.3) is 0 Å². The fourth-order valence-corrected chi connectivity index (χ4v) is 3.59. The topological polar surface area (TPSA) is 52.6 Å². The fraction of sp³-hybridized carbons (Fsp3) is 0.926. The molecule has 1 atom stereocenters. The zero-order valence-electron chi connectivity index (χ0n) is 21.1. The van der Waals surface area contributed by atoms with Crippen molar-refractivity contribution in [3.8, 4) is 0 Å². The van der Waals surface area contributed by atoms with Crippen LogP contribution in [0.1, 0.15) is 143 Å². The van der Waals surface area contributed by atoms with Gasteiger partial charge in [0.1, 0.15) is 0 Å². The molecule has 0 fully saturated rings. The van der Waals surface area contributed by atoms with Gasteiger partial charge in [-0.3, -0.25) is 9.59 Å². The highest BCUT2D eigenvalue weighted by Gasteiger charge is 2.09. The molecule has 0 bridgehead atoms. The molecule has 0 aromatic heterocycles. The molecule has 0 aliphatic carbocycles. The first-order valence-corrected chi connectivity index (χ1v) is 13.4. The summed E-state index contributed by atoms with van der Waals surface area (Å²) in [5, 5.41) is 0. The Morgan fingerprint density at radius 1 is 0.581 bits per heavy atom.